The monoisotopic (exact) mass is 429 g/mol. The first-order chi connectivity index (χ1) is 13.6. The molecule has 0 aromatic heterocycles. The van der Waals surface area contributed by atoms with Crippen LogP contribution in [0.15, 0.2) is 18.2 Å². The van der Waals surface area contributed by atoms with Gasteiger partial charge in [0, 0.05) is 25.0 Å². The number of sulfonamides is 1. The minimum Gasteiger partial charge on any atom is -0.453 e. The van der Waals surface area contributed by atoms with Crippen molar-refractivity contribution in [1.82, 2.24) is 4.90 Å². The van der Waals surface area contributed by atoms with Crippen molar-refractivity contribution in [3.63, 3.8) is 0 Å². The molecule has 0 radical (unpaired) electrons. The zero-order chi connectivity index (χ0) is 21.1. The van der Waals surface area contributed by atoms with Gasteiger partial charge in [-0.15, -0.1) is 0 Å². The molecule has 5 rings (SSSR count). The number of rotatable bonds is 1. The van der Waals surface area contributed by atoms with Gasteiger partial charge in [0.15, 0.2) is 0 Å². The van der Waals surface area contributed by atoms with Gasteiger partial charge in [-0.25, -0.2) is 13.2 Å². The molecule has 4 atom stereocenters. The van der Waals surface area contributed by atoms with Crippen LogP contribution in [0.2, 0.25) is 0 Å². The van der Waals surface area contributed by atoms with Crippen LogP contribution in [0, 0.1) is 23.2 Å². The lowest BCUT2D eigenvalue weighted by atomic mass is 9.72. The Labute approximate surface area is 165 Å². The van der Waals surface area contributed by atoms with Crippen LogP contribution in [0.3, 0.4) is 0 Å². The van der Waals surface area contributed by atoms with Gasteiger partial charge in [-0.1, -0.05) is 0 Å². The number of benzene rings is 1. The van der Waals surface area contributed by atoms with Crippen LogP contribution in [0.4, 0.5) is 23.7 Å². The molecule has 11 heteroatoms. The second-order valence-corrected chi connectivity index (χ2v) is 9.59. The molecular weight excluding hydrogens is 411 g/mol. The van der Waals surface area contributed by atoms with Gasteiger partial charge < -0.3 is 9.64 Å². The van der Waals surface area contributed by atoms with Crippen molar-refractivity contribution in [2.75, 3.05) is 24.5 Å². The van der Waals surface area contributed by atoms with Gasteiger partial charge in [0.2, 0.25) is 10.0 Å². The van der Waals surface area contributed by atoms with Gasteiger partial charge >= 0.3 is 12.3 Å². The average molecular weight is 429 g/mol. The molecule has 4 unspecified atom stereocenters. The van der Waals surface area contributed by atoms with Crippen molar-refractivity contribution in [2.45, 2.75) is 30.3 Å². The highest BCUT2D eigenvalue weighted by atomic mass is 32.2. The standard InChI is InChI=1S/C18H18F3N3O4S/c1-28-17(25)23-8-11-3-5-15(23)13-9-24(29(26,27)16(11)13)12-4-2-10(7-22)14(6-12)18(19,20)21/h2,4,6,11,13,15-16H,3,5,8-9H2,1H3. The molecule has 1 aliphatic carbocycles. The molecule has 0 spiro atoms. The Bertz CT molecular complexity index is 1000. The lowest BCUT2D eigenvalue weighted by Crippen LogP contribution is -2.61. The molecular formula is C18H18F3N3O4S. The summed E-state index contributed by atoms with van der Waals surface area (Å²) in [5.41, 5.74) is -1.84. The van der Waals surface area contributed by atoms with Crippen LogP contribution in [-0.2, 0) is 20.9 Å². The van der Waals surface area contributed by atoms with E-state index in [1.165, 1.54) is 24.1 Å². The van der Waals surface area contributed by atoms with Gasteiger partial charge in [-0.05, 0) is 37.0 Å². The van der Waals surface area contributed by atoms with Crippen LogP contribution in [0.5, 0.6) is 0 Å². The highest BCUT2D eigenvalue weighted by Crippen LogP contribution is 2.49. The van der Waals surface area contributed by atoms with E-state index in [0.717, 1.165) is 10.4 Å². The number of fused-ring (bicyclic) bond motifs is 2. The molecule has 2 bridgehead atoms. The predicted octanol–water partition coefficient (Wildman–Crippen LogP) is 2.57. The largest absolute Gasteiger partial charge is 0.453 e. The first-order valence-electron chi connectivity index (χ1n) is 9.07. The molecule has 29 heavy (non-hydrogen) atoms. The maximum absolute atomic E-state index is 13.3. The molecule has 1 aromatic carbocycles. The molecule has 1 saturated carbocycles. The van der Waals surface area contributed by atoms with Crippen LogP contribution < -0.4 is 4.31 Å². The van der Waals surface area contributed by atoms with Gasteiger partial charge in [0.1, 0.15) is 0 Å². The van der Waals surface area contributed by atoms with E-state index in [2.05, 4.69) is 0 Å². The fraction of sp³-hybridized carbons (Fsp3) is 0.556. The molecule has 0 N–H and O–H groups in total. The van der Waals surface area contributed by atoms with Gasteiger partial charge in [-0.3, -0.25) is 4.31 Å². The quantitative estimate of drug-likeness (QED) is 0.685. The number of carbonyl (C=O) groups excluding carboxylic acids is 1. The van der Waals surface area contributed by atoms with Crippen LogP contribution in [0.25, 0.3) is 0 Å². The Kier molecular flexibility index (Phi) is 4.45. The summed E-state index contributed by atoms with van der Waals surface area (Å²) in [7, 11) is -2.65. The number of piperidine rings is 2. The fourth-order valence-electron chi connectivity index (χ4n) is 5.03. The number of hydrogen-bond donors (Lipinski definition) is 0. The van der Waals surface area contributed by atoms with E-state index in [1.807, 2.05) is 0 Å². The van der Waals surface area contributed by atoms with E-state index in [9.17, 15) is 26.4 Å². The zero-order valence-corrected chi connectivity index (χ0v) is 16.2. The van der Waals surface area contributed by atoms with Crippen LogP contribution in [0.1, 0.15) is 24.0 Å². The Morgan fingerprint density at radius 2 is 2.00 bits per heavy atom. The van der Waals surface area contributed by atoms with Crippen molar-refractivity contribution >= 4 is 21.8 Å². The summed E-state index contributed by atoms with van der Waals surface area (Å²) in [6.45, 7) is 0.248. The Morgan fingerprint density at radius 1 is 1.28 bits per heavy atom. The number of nitrogens with zero attached hydrogens (tertiary/aromatic N) is 3. The maximum Gasteiger partial charge on any atom is 0.417 e. The molecule has 4 fully saturated rings. The summed E-state index contributed by atoms with van der Waals surface area (Å²) in [5, 5.41) is 8.22. The zero-order valence-electron chi connectivity index (χ0n) is 15.4. The van der Waals surface area contributed by atoms with Gasteiger partial charge in [0.25, 0.3) is 0 Å². The number of halogens is 3. The molecule has 4 aliphatic rings. The van der Waals surface area contributed by atoms with E-state index in [1.54, 1.807) is 0 Å². The molecule has 3 saturated heterocycles. The van der Waals surface area contributed by atoms with Crippen LogP contribution >= 0.6 is 0 Å². The lowest BCUT2D eigenvalue weighted by Gasteiger charge is -2.49. The number of amides is 1. The van der Waals surface area contributed by atoms with E-state index in [4.69, 9.17) is 10.00 Å². The van der Waals surface area contributed by atoms with E-state index < -0.39 is 44.6 Å². The van der Waals surface area contributed by atoms with Gasteiger partial charge in [0.05, 0.1) is 35.2 Å². The number of hydrogen-bond acceptors (Lipinski definition) is 5. The Morgan fingerprint density at radius 3 is 2.62 bits per heavy atom. The SMILES string of the molecule is COC(=O)N1CC2CCC1C1CN(c3ccc(C#N)c(C(F)(F)F)c3)S(=O)(=O)C21. The minimum atomic E-state index is -4.78. The third kappa shape index (κ3) is 2.92. The second kappa shape index (κ2) is 6.52. The molecule has 3 aliphatic heterocycles. The number of carbonyl (C=O) groups is 1. The Balaban J connectivity index is 1.74. The molecule has 156 valence electrons. The third-order valence-electron chi connectivity index (χ3n) is 6.20. The van der Waals surface area contributed by atoms with Crippen molar-refractivity contribution in [2.24, 2.45) is 11.8 Å². The summed E-state index contributed by atoms with van der Waals surface area (Å²) < 4.78 is 72.2. The molecule has 3 heterocycles. The van der Waals surface area contributed by atoms with Crippen molar-refractivity contribution in [3.8, 4) is 6.07 Å². The van der Waals surface area contributed by atoms with Gasteiger partial charge in [-0.2, -0.15) is 18.4 Å². The first kappa shape index (κ1) is 19.8. The minimum absolute atomic E-state index is 0.00907. The molecule has 1 aromatic rings. The van der Waals surface area contributed by atoms with E-state index in [0.29, 0.717) is 18.9 Å². The van der Waals surface area contributed by atoms with Crippen molar-refractivity contribution in [1.29, 1.82) is 5.26 Å². The number of ether oxygens (including phenoxy) is 1. The fourth-order valence-corrected chi connectivity index (χ4v) is 7.53. The van der Waals surface area contributed by atoms with E-state index >= 15 is 0 Å². The summed E-state index contributed by atoms with van der Waals surface area (Å²) in [6.07, 6.45) is -4.04. The normalized spacial score (nSPS) is 30.0. The summed E-state index contributed by atoms with van der Waals surface area (Å²) in [4.78, 5) is 13.6. The smallest absolute Gasteiger partial charge is 0.417 e. The lowest BCUT2D eigenvalue weighted by molar-refractivity contribution is -0.137. The van der Waals surface area contributed by atoms with Crippen molar-refractivity contribution < 1.29 is 31.1 Å². The van der Waals surface area contributed by atoms with Crippen molar-refractivity contribution in [3.05, 3.63) is 29.3 Å². The third-order valence-corrected chi connectivity index (χ3v) is 8.60. The highest BCUT2D eigenvalue weighted by Gasteiger charge is 2.60. The maximum atomic E-state index is 13.3. The van der Waals surface area contributed by atoms with E-state index in [-0.39, 0.29) is 30.7 Å². The van der Waals surface area contributed by atoms with Crippen LogP contribution in [-0.4, -0.2) is 50.9 Å². The Hall–Kier alpha value is -2.48. The first-order valence-corrected chi connectivity index (χ1v) is 10.6. The average Bonchev–Trinajstić information content (AvgIpc) is 2.99. The number of anilines is 1. The summed E-state index contributed by atoms with van der Waals surface area (Å²) >= 11 is 0. The number of alkyl halides is 3. The molecule has 7 nitrogen and oxygen atoms in total. The summed E-state index contributed by atoms with van der Waals surface area (Å²) in [6, 6.07) is 4.09. The topological polar surface area (TPSA) is 90.7 Å². The predicted molar refractivity (Wildman–Crippen MR) is 95.3 cm³/mol. The summed E-state index contributed by atoms with van der Waals surface area (Å²) in [5.74, 6) is -0.698. The molecule has 1 amide bonds. The number of nitriles is 1. The number of methoxy groups -OCH3 is 1. The second-order valence-electron chi connectivity index (χ2n) is 7.57. The highest BCUT2D eigenvalue weighted by molar-refractivity contribution is 7.93.